The lowest BCUT2D eigenvalue weighted by atomic mass is 10.1. The molecule has 256 valence electrons. The Morgan fingerprint density at radius 1 is 0.689 bits per heavy atom. The van der Waals surface area contributed by atoms with Crippen molar-refractivity contribution in [3.63, 3.8) is 0 Å². The minimum absolute atomic E-state index is 0.151. The second-order valence-electron chi connectivity index (χ2n) is 11.5. The van der Waals surface area contributed by atoms with Crippen LogP contribution in [0.1, 0.15) is 142 Å². The number of nitrogens with two attached hydrogens (primary N) is 1. The third kappa shape index (κ3) is 29.5. The Labute approximate surface area is 274 Å². The molecular formula is C38H64N2O5. The summed E-state index contributed by atoms with van der Waals surface area (Å²) in [5.41, 5.74) is 5.47. The zero-order valence-electron chi connectivity index (χ0n) is 28.4. The summed E-state index contributed by atoms with van der Waals surface area (Å²) in [7, 11) is 0. The van der Waals surface area contributed by atoms with E-state index in [9.17, 15) is 19.5 Å². The molecule has 0 aliphatic carbocycles. The molecule has 0 fully saturated rings. The molecule has 0 aliphatic rings. The van der Waals surface area contributed by atoms with Crippen molar-refractivity contribution in [2.24, 2.45) is 5.73 Å². The van der Waals surface area contributed by atoms with E-state index in [1.54, 1.807) is 0 Å². The van der Waals surface area contributed by atoms with Crippen LogP contribution < -0.4 is 11.1 Å². The van der Waals surface area contributed by atoms with E-state index in [0.717, 1.165) is 70.6 Å². The number of esters is 1. The van der Waals surface area contributed by atoms with Gasteiger partial charge in [-0.2, -0.15) is 0 Å². The fraction of sp³-hybridized carbons (Fsp3) is 0.658. The number of carboxylic acids is 1. The van der Waals surface area contributed by atoms with Crippen LogP contribution in [0, 0.1) is 0 Å². The maximum Gasteiger partial charge on any atom is 0.326 e. The first-order valence-electron chi connectivity index (χ1n) is 17.6. The Balaban J connectivity index is 4.60. The van der Waals surface area contributed by atoms with E-state index < -0.39 is 12.0 Å². The topological polar surface area (TPSA) is 119 Å². The number of nitrogens with one attached hydrogen (secondary N) is 1. The summed E-state index contributed by atoms with van der Waals surface area (Å²) in [5.74, 6) is -1.44. The average Bonchev–Trinajstić information content (AvgIpc) is 3.02. The number of carbonyl (C=O) groups is 3. The van der Waals surface area contributed by atoms with E-state index >= 15 is 0 Å². The number of aliphatic carboxylic acids is 1. The van der Waals surface area contributed by atoms with Gasteiger partial charge in [0.15, 0.2) is 0 Å². The minimum atomic E-state index is -1.03. The van der Waals surface area contributed by atoms with Gasteiger partial charge in [0.05, 0.1) is 0 Å². The van der Waals surface area contributed by atoms with Crippen LogP contribution in [0.3, 0.4) is 0 Å². The third-order valence-corrected chi connectivity index (χ3v) is 7.28. The quantitative estimate of drug-likeness (QED) is 0.0415. The molecule has 0 saturated carbocycles. The van der Waals surface area contributed by atoms with Gasteiger partial charge < -0.3 is 20.9 Å². The summed E-state index contributed by atoms with van der Waals surface area (Å²) in [5, 5.41) is 11.9. The molecule has 7 heteroatoms. The van der Waals surface area contributed by atoms with Crippen LogP contribution in [0.2, 0.25) is 0 Å². The van der Waals surface area contributed by atoms with Crippen LogP contribution in [-0.4, -0.2) is 41.6 Å². The van der Waals surface area contributed by atoms with Gasteiger partial charge in [-0.3, -0.25) is 9.59 Å². The molecule has 4 N–H and O–H groups in total. The summed E-state index contributed by atoms with van der Waals surface area (Å²) in [6.07, 6.45) is 38.4. The highest BCUT2D eigenvalue weighted by Crippen LogP contribution is 2.14. The van der Waals surface area contributed by atoms with Gasteiger partial charge in [-0.25, -0.2) is 4.79 Å². The van der Waals surface area contributed by atoms with Crippen molar-refractivity contribution in [3.05, 3.63) is 60.8 Å². The molecule has 0 spiro atoms. The van der Waals surface area contributed by atoms with Crippen molar-refractivity contribution in [2.75, 3.05) is 6.54 Å². The molecule has 0 bridgehead atoms. The van der Waals surface area contributed by atoms with Gasteiger partial charge in [0.2, 0.25) is 5.91 Å². The van der Waals surface area contributed by atoms with Gasteiger partial charge >= 0.3 is 11.9 Å². The molecule has 0 aromatic rings. The number of carboxylic acid groups (broad SMARTS) is 1. The molecule has 0 aromatic carbocycles. The molecular weight excluding hydrogens is 564 g/mol. The number of hydrogen-bond acceptors (Lipinski definition) is 5. The highest BCUT2D eigenvalue weighted by Gasteiger charge is 2.19. The summed E-state index contributed by atoms with van der Waals surface area (Å²) in [4.78, 5) is 36.2. The van der Waals surface area contributed by atoms with Crippen LogP contribution in [0.25, 0.3) is 0 Å². The standard InChI is InChI=1S/C38H64N2O5/c1-3-5-7-9-11-13-15-16-18-20-23-28-34(45-37(42)32-26-21-19-17-14-12-10-8-6-4-2)29-24-22-25-31-36(41)40-35(38(43)44)30-27-33-39/h5,7-8,10-11,13,16,18,23,28,34-35H,3-4,6,9,12,14-15,17,19-22,24-27,29-33,39H2,1-2H3,(H,40,41)(H,43,44)/b7-5-,10-8-,13-11-,18-16-,28-23-. The lowest BCUT2D eigenvalue weighted by molar-refractivity contribution is -0.147. The third-order valence-electron chi connectivity index (χ3n) is 7.28. The number of amides is 1. The van der Waals surface area contributed by atoms with E-state index in [-0.39, 0.29) is 24.4 Å². The van der Waals surface area contributed by atoms with E-state index in [1.807, 2.05) is 6.08 Å². The van der Waals surface area contributed by atoms with Crippen LogP contribution >= 0.6 is 0 Å². The predicted molar refractivity (Wildman–Crippen MR) is 188 cm³/mol. The fourth-order valence-corrected chi connectivity index (χ4v) is 4.65. The van der Waals surface area contributed by atoms with E-state index in [4.69, 9.17) is 10.5 Å². The lowest BCUT2D eigenvalue weighted by Gasteiger charge is -2.15. The highest BCUT2D eigenvalue weighted by molar-refractivity contribution is 5.83. The van der Waals surface area contributed by atoms with Crippen molar-refractivity contribution in [1.82, 2.24) is 5.32 Å². The van der Waals surface area contributed by atoms with Crippen molar-refractivity contribution in [2.45, 2.75) is 154 Å². The normalized spacial score (nSPS) is 13.5. The van der Waals surface area contributed by atoms with Gasteiger partial charge in [-0.05, 0) is 96.1 Å². The average molecular weight is 629 g/mol. The molecule has 2 atom stereocenters. The van der Waals surface area contributed by atoms with Crippen molar-refractivity contribution in [3.8, 4) is 0 Å². The lowest BCUT2D eigenvalue weighted by Crippen LogP contribution is -2.40. The molecule has 45 heavy (non-hydrogen) atoms. The summed E-state index contributed by atoms with van der Waals surface area (Å²) in [6.45, 7) is 4.71. The van der Waals surface area contributed by atoms with Gasteiger partial charge in [0.1, 0.15) is 12.1 Å². The molecule has 0 heterocycles. The predicted octanol–water partition coefficient (Wildman–Crippen LogP) is 9.05. The molecule has 2 unspecified atom stereocenters. The van der Waals surface area contributed by atoms with Gasteiger partial charge in [0.25, 0.3) is 0 Å². The van der Waals surface area contributed by atoms with Gasteiger partial charge in [-0.1, -0.05) is 101 Å². The van der Waals surface area contributed by atoms with Crippen molar-refractivity contribution in [1.29, 1.82) is 0 Å². The Kier molecular flexibility index (Phi) is 30.3. The van der Waals surface area contributed by atoms with Crippen LogP contribution in [0.15, 0.2) is 60.8 Å². The second-order valence-corrected chi connectivity index (χ2v) is 11.5. The van der Waals surface area contributed by atoms with Gasteiger partial charge in [0, 0.05) is 12.8 Å². The number of unbranched alkanes of at least 4 members (excludes halogenated alkanes) is 8. The maximum absolute atomic E-state index is 12.6. The number of rotatable bonds is 30. The largest absolute Gasteiger partial charge is 0.480 e. The number of hydrogen-bond donors (Lipinski definition) is 3. The first-order chi connectivity index (χ1) is 21.9. The maximum atomic E-state index is 12.6. The SMILES string of the molecule is CC/C=C\C/C=C\C/C=C\C/C=C\C(CCCCCC(=O)NC(CCCN)C(=O)O)OC(=O)CCCCCCC/C=C\CCC. The molecule has 0 aromatic heterocycles. The number of allylic oxidation sites excluding steroid dienone is 9. The van der Waals surface area contributed by atoms with Gasteiger partial charge in [-0.15, -0.1) is 0 Å². The van der Waals surface area contributed by atoms with Crippen molar-refractivity contribution < 1.29 is 24.2 Å². The first kappa shape index (κ1) is 42.1. The smallest absolute Gasteiger partial charge is 0.326 e. The summed E-state index contributed by atoms with van der Waals surface area (Å²) < 4.78 is 5.84. The Morgan fingerprint density at radius 2 is 1.29 bits per heavy atom. The van der Waals surface area contributed by atoms with E-state index in [1.165, 1.54) is 19.3 Å². The monoisotopic (exact) mass is 628 g/mol. The van der Waals surface area contributed by atoms with E-state index in [2.05, 4.69) is 73.8 Å². The molecule has 0 rings (SSSR count). The number of carbonyl (C=O) groups excluding carboxylic acids is 2. The second kappa shape index (κ2) is 32.5. The number of ether oxygens (including phenoxy) is 1. The van der Waals surface area contributed by atoms with Crippen LogP contribution in [-0.2, 0) is 19.1 Å². The highest BCUT2D eigenvalue weighted by atomic mass is 16.5. The summed E-state index contributed by atoms with van der Waals surface area (Å²) >= 11 is 0. The molecule has 0 saturated heterocycles. The van der Waals surface area contributed by atoms with Crippen LogP contribution in [0.5, 0.6) is 0 Å². The Morgan fingerprint density at radius 3 is 1.96 bits per heavy atom. The molecule has 7 nitrogen and oxygen atoms in total. The zero-order valence-corrected chi connectivity index (χ0v) is 28.4. The van der Waals surface area contributed by atoms with Crippen LogP contribution in [0.4, 0.5) is 0 Å². The van der Waals surface area contributed by atoms with Crippen molar-refractivity contribution >= 4 is 17.8 Å². The molecule has 0 aliphatic heterocycles. The summed E-state index contributed by atoms with van der Waals surface area (Å²) in [6, 6.07) is -0.893. The Hall–Kier alpha value is -2.93. The molecule has 1 amide bonds. The fourth-order valence-electron chi connectivity index (χ4n) is 4.65. The first-order valence-corrected chi connectivity index (χ1v) is 17.6. The van der Waals surface area contributed by atoms with E-state index in [0.29, 0.717) is 38.6 Å². The minimum Gasteiger partial charge on any atom is -0.480 e. The molecule has 0 radical (unpaired) electrons. The zero-order chi connectivity index (χ0) is 33.2. The Bertz CT molecular complexity index is 891.